The first kappa shape index (κ1) is 18.7. The highest BCUT2D eigenvalue weighted by Gasteiger charge is 2.45. The fourth-order valence-corrected chi connectivity index (χ4v) is 3.49. The van der Waals surface area contributed by atoms with E-state index in [1.54, 1.807) is 30.5 Å². The normalized spacial score (nSPS) is 16.7. The van der Waals surface area contributed by atoms with Crippen LogP contribution in [-0.4, -0.2) is 21.8 Å². The lowest BCUT2D eigenvalue weighted by atomic mass is 9.93. The van der Waals surface area contributed by atoms with Gasteiger partial charge in [-0.1, -0.05) is 44.2 Å². The molecular formula is C23H20N2O4. The van der Waals surface area contributed by atoms with Crippen LogP contribution in [0.5, 0.6) is 0 Å². The quantitative estimate of drug-likeness (QED) is 0.647. The lowest BCUT2D eigenvalue weighted by Gasteiger charge is -2.26. The number of furan rings is 1. The number of Topliss-reactive ketones (excluding diaryl/α,β-unsaturated/α-hetero) is 1. The number of anilines is 1. The standard InChI is InChI=1S/C23H20N2O4/c1-14(2)15-8-10-16(11-9-15)20-19(21(26)17-6-5-13-29-17)22(27)23(28)25(20)18-7-3-4-12-24-18/h3-14,20,27H,1-2H3. The van der Waals surface area contributed by atoms with E-state index in [0.29, 0.717) is 17.3 Å². The molecule has 4 rings (SSSR count). The van der Waals surface area contributed by atoms with Gasteiger partial charge in [0.15, 0.2) is 11.5 Å². The fourth-order valence-electron chi connectivity index (χ4n) is 3.49. The summed E-state index contributed by atoms with van der Waals surface area (Å²) in [6.07, 6.45) is 2.94. The highest BCUT2D eigenvalue weighted by molar-refractivity contribution is 6.19. The van der Waals surface area contributed by atoms with Crippen LogP contribution in [0.1, 0.15) is 47.5 Å². The van der Waals surface area contributed by atoms with E-state index in [-0.39, 0.29) is 11.3 Å². The van der Waals surface area contributed by atoms with Crippen molar-refractivity contribution in [3.05, 3.63) is 95.3 Å². The van der Waals surface area contributed by atoms with E-state index in [1.165, 1.54) is 17.2 Å². The van der Waals surface area contributed by atoms with E-state index in [9.17, 15) is 14.7 Å². The number of carbonyl (C=O) groups is 2. The maximum absolute atomic E-state index is 13.1. The molecule has 6 nitrogen and oxygen atoms in total. The molecule has 146 valence electrons. The SMILES string of the molecule is CC(C)c1ccc(C2C(C(=O)c3ccco3)=C(O)C(=O)N2c2ccccn2)cc1. The minimum atomic E-state index is -0.809. The van der Waals surface area contributed by atoms with E-state index in [0.717, 1.165) is 5.56 Å². The smallest absolute Gasteiger partial charge is 0.295 e. The molecule has 0 saturated heterocycles. The van der Waals surface area contributed by atoms with Crippen LogP contribution >= 0.6 is 0 Å². The van der Waals surface area contributed by atoms with Gasteiger partial charge in [-0.3, -0.25) is 14.5 Å². The molecule has 3 aromatic rings. The molecular weight excluding hydrogens is 368 g/mol. The molecule has 1 atom stereocenters. The van der Waals surface area contributed by atoms with Crippen LogP contribution < -0.4 is 4.90 Å². The number of benzene rings is 1. The van der Waals surface area contributed by atoms with Crippen LogP contribution in [0.25, 0.3) is 0 Å². The van der Waals surface area contributed by atoms with Crippen molar-refractivity contribution in [3.8, 4) is 0 Å². The highest BCUT2D eigenvalue weighted by atomic mass is 16.3. The maximum Gasteiger partial charge on any atom is 0.295 e. The fraction of sp³-hybridized carbons (Fsp3) is 0.174. The lowest BCUT2D eigenvalue weighted by Crippen LogP contribution is -2.31. The predicted molar refractivity (Wildman–Crippen MR) is 108 cm³/mol. The zero-order chi connectivity index (χ0) is 20.5. The molecule has 1 aromatic carbocycles. The minimum absolute atomic E-state index is 0.0205. The van der Waals surface area contributed by atoms with Crippen molar-refractivity contribution in [2.24, 2.45) is 0 Å². The second-order valence-corrected chi connectivity index (χ2v) is 7.16. The molecule has 0 radical (unpaired) electrons. The zero-order valence-electron chi connectivity index (χ0n) is 16.1. The first-order chi connectivity index (χ1) is 14.0. The number of aromatic nitrogens is 1. The molecule has 0 fully saturated rings. The van der Waals surface area contributed by atoms with Crippen molar-refractivity contribution >= 4 is 17.5 Å². The first-order valence-electron chi connectivity index (χ1n) is 9.35. The Balaban J connectivity index is 1.86. The largest absolute Gasteiger partial charge is 0.503 e. The van der Waals surface area contributed by atoms with Crippen molar-refractivity contribution in [2.45, 2.75) is 25.8 Å². The van der Waals surface area contributed by atoms with Crippen molar-refractivity contribution in [2.75, 3.05) is 4.90 Å². The van der Waals surface area contributed by atoms with Gasteiger partial charge < -0.3 is 9.52 Å². The van der Waals surface area contributed by atoms with Gasteiger partial charge in [0.1, 0.15) is 5.82 Å². The molecule has 6 heteroatoms. The third-order valence-electron chi connectivity index (χ3n) is 5.01. The predicted octanol–water partition coefficient (Wildman–Crippen LogP) is 4.58. The van der Waals surface area contributed by atoms with Gasteiger partial charge in [-0.25, -0.2) is 4.98 Å². The van der Waals surface area contributed by atoms with Crippen molar-refractivity contribution in [1.29, 1.82) is 0 Å². The van der Waals surface area contributed by atoms with Crippen LogP contribution in [0.4, 0.5) is 5.82 Å². The number of hydrogen-bond donors (Lipinski definition) is 1. The number of aliphatic hydroxyl groups is 1. The molecule has 0 aliphatic carbocycles. The summed E-state index contributed by atoms with van der Waals surface area (Å²) in [4.78, 5) is 31.6. The molecule has 1 aliphatic heterocycles. The number of carbonyl (C=O) groups excluding carboxylic acids is 2. The molecule has 1 amide bonds. The molecule has 3 heterocycles. The zero-order valence-corrected chi connectivity index (χ0v) is 16.1. The number of aliphatic hydroxyl groups excluding tert-OH is 1. The second kappa shape index (κ2) is 7.39. The Labute approximate surface area is 168 Å². The van der Waals surface area contributed by atoms with E-state index in [4.69, 9.17) is 4.42 Å². The van der Waals surface area contributed by atoms with Gasteiger partial charge in [0.2, 0.25) is 5.78 Å². The molecule has 0 bridgehead atoms. The summed E-state index contributed by atoms with van der Waals surface area (Å²) < 4.78 is 5.23. The second-order valence-electron chi connectivity index (χ2n) is 7.16. The van der Waals surface area contributed by atoms with E-state index >= 15 is 0 Å². The number of rotatable bonds is 5. The monoisotopic (exact) mass is 388 g/mol. The number of hydrogen-bond acceptors (Lipinski definition) is 5. The van der Waals surface area contributed by atoms with Crippen molar-refractivity contribution < 1.29 is 19.1 Å². The summed E-state index contributed by atoms with van der Waals surface area (Å²) in [6, 6.07) is 15.1. The minimum Gasteiger partial charge on any atom is -0.503 e. The average Bonchev–Trinajstić information content (AvgIpc) is 3.36. The Morgan fingerprint density at radius 2 is 1.86 bits per heavy atom. The molecule has 1 aliphatic rings. The Hall–Kier alpha value is -3.67. The molecule has 2 aromatic heterocycles. The molecule has 0 saturated carbocycles. The van der Waals surface area contributed by atoms with Gasteiger partial charge in [-0.2, -0.15) is 0 Å². The molecule has 29 heavy (non-hydrogen) atoms. The summed E-state index contributed by atoms with van der Waals surface area (Å²) in [5, 5.41) is 10.6. The summed E-state index contributed by atoms with van der Waals surface area (Å²) in [5.74, 6) is -1.03. The summed E-state index contributed by atoms with van der Waals surface area (Å²) >= 11 is 0. The van der Waals surface area contributed by atoms with Crippen LogP contribution in [-0.2, 0) is 4.79 Å². The topological polar surface area (TPSA) is 83.6 Å². The van der Waals surface area contributed by atoms with Gasteiger partial charge in [0.25, 0.3) is 5.91 Å². The van der Waals surface area contributed by atoms with Crippen LogP contribution in [0.2, 0.25) is 0 Å². The molecule has 1 unspecified atom stereocenters. The van der Waals surface area contributed by atoms with Gasteiger partial charge in [0, 0.05) is 6.20 Å². The average molecular weight is 388 g/mol. The Morgan fingerprint density at radius 1 is 1.10 bits per heavy atom. The third-order valence-corrected chi connectivity index (χ3v) is 5.01. The van der Waals surface area contributed by atoms with Gasteiger partial charge in [0.05, 0.1) is 17.9 Å². The number of pyridine rings is 1. The highest BCUT2D eigenvalue weighted by Crippen LogP contribution is 2.41. The van der Waals surface area contributed by atoms with Gasteiger partial charge in [-0.05, 0) is 41.3 Å². The maximum atomic E-state index is 13.1. The third kappa shape index (κ3) is 3.23. The lowest BCUT2D eigenvalue weighted by molar-refractivity contribution is -0.117. The molecule has 1 N–H and O–H groups in total. The van der Waals surface area contributed by atoms with Crippen LogP contribution in [0.3, 0.4) is 0 Å². The summed E-state index contributed by atoms with van der Waals surface area (Å²) in [7, 11) is 0. The first-order valence-corrected chi connectivity index (χ1v) is 9.35. The van der Waals surface area contributed by atoms with Crippen LogP contribution in [0.15, 0.2) is 82.8 Å². The van der Waals surface area contributed by atoms with Gasteiger partial charge >= 0.3 is 0 Å². The van der Waals surface area contributed by atoms with E-state index in [2.05, 4.69) is 18.8 Å². The van der Waals surface area contributed by atoms with Crippen LogP contribution in [0, 0.1) is 0 Å². The van der Waals surface area contributed by atoms with E-state index < -0.39 is 23.5 Å². The number of nitrogens with zero attached hydrogens (tertiary/aromatic N) is 2. The van der Waals surface area contributed by atoms with E-state index in [1.807, 2.05) is 24.3 Å². The van der Waals surface area contributed by atoms with Crippen molar-refractivity contribution in [1.82, 2.24) is 4.98 Å². The number of amides is 1. The summed E-state index contributed by atoms with van der Waals surface area (Å²) in [5.41, 5.74) is 1.81. The Kier molecular flexibility index (Phi) is 4.76. The Bertz CT molecular complexity index is 1070. The van der Waals surface area contributed by atoms with Crippen molar-refractivity contribution in [3.63, 3.8) is 0 Å². The summed E-state index contributed by atoms with van der Waals surface area (Å²) in [6.45, 7) is 4.18. The Morgan fingerprint density at radius 3 is 2.45 bits per heavy atom. The molecule has 0 spiro atoms. The number of ketones is 1. The van der Waals surface area contributed by atoms with Gasteiger partial charge in [-0.15, -0.1) is 0 Å².